The highest BCUT2D eigenvalue weighted by Crippen LogP contribution is 2.33. The van der Waals surface area contributed by atoms with Crippen LogP contribution in [0.3, 0.4) is 0 Å². The lowest BCUT2D eigenvalue weighted by molar-refractivity contribution is -0.143. The molecule has 0 radical (unpaired) electrons. The van der Waals surface area contributed by atoms with Crippen LogP contribution in [-0.2, 0) is 4.79 Å². The van der Waals surface area contributed by atoms with Crippen molar-refractivity contribution in [2.75, 3.05) is 13.1 Å². The molecule has 0 heterocycles. The third-order valence-electron chi connectivity index (χ3n) is 4.39. The predicted octanol–water partition coefficient (Wildman–Crippen LogP) is 2.40. The minimum absolute atomic E-state index is 0.238. The molecule has 0 aromatic heterocycles. The molecule has 2 unspecified atom stereocenters. The topological polar surface area (TPSA) is 46.3 Å². The molecule has 0 saturated heterocycles. The summed E-state index contributed by atoms with van der Waals surface area (Å²) in [7, 11) is 0. The number of amides is 1. The zero-order valence-corrected chi connectivity index (χ0v) is 11.8. The molecule has 2 atom stereocenters. The first-order chi connectivity index (χ1) is 7.97. The van der Waals surface area contributed by atoms with Crippen LogP contribution in [0.2, 0.25) is 0 Å². The number of carbonyl (C=O) groups excluding carboxylic acids is 1. The van der Waals surface area contributed by atoms with Crippen molar-refractivity contribution in [2.24, 2.45) is 17.1 Å². The molecule has 0 aliphatic heterocycles. The smallest absolute Gasteiger partial charge is 0.228 e. The molecule has 17 heavy (non-hydrogen) atoms. The molecule has 1 fully saturated rings. The Morgan fingerprint density at radius 2 is 2.00 bits per heavy atom. The van der Waals surface area contributed by atoms with Gasteiger partial charge in [-0.2, -0.15) is 0 Å². The number of carbonyl (C=O) groups is 1. The Morgan fingerprint density at radius 3 is 2.47 bits per heavy atom. The van der Waals surface area contributed by atoms with Crippen molar-refractivity contribution in [2.45, 2.75) is 59.4 Å². The van der Waals surface area contributed by atoms with Crippen LogP contribution in [0.5, 0.6) is 0 Å². The fourth-order valence-electron chi connectivity index (χ4n) is 2.77. The summed E-state index contributed by atoms with van der Waals surface area (Å²) in [6, 6.07) is 0.378. The van der Waals surface area contributed by atoms with Gasteiger partial charge in [-0.05, 0) is 38.6 Å². The van der Waals surface area contributed by atoms with Crippen LogP contribution in [0, 0.1) is 11.3 Å². The van der Waals surface area contributed by atoms with Crippen molar-refractivity contribution >= 4 is 5.91 Å². The summed E-state index contributed by atoms with van der Waals surface area (Å²) >= 11 is 0. The molecule has 3 heteroatoms. The first-order valence-corrected chi connectivity index (χ1v) is 6.99. The minimum atomic E-state index is -0.238. The number of nitrogens with zero attached hydrogens (tertiary/aromatic N) is 1. The SMILES string of the molecule is CCN(C(=O)C(C)(C)CC)C1CCCC1CN. The van der Waals surface area contributed by atoms with Gasteiger partial charge in [-0.1, -0.05) is 27.2 Å². The third kappa shape index (κ3) is 3.01. The zero-order chi connectivity index (χ0) is 13.1. The van der Waals surface area contributed by atoms with Gasteiger partial charge in [0.1, 0.15) is 0 Å². The average Bonchev–Trinajstić information content (AvgIpc) is 2.78. The Balaban J connectivity index is 2.80. The van der Waals surface area contributed by atoms with Gasteiger partial charge in [-0.3, -0.25) is 4.79 Å². The first kappa shape index (κ1) is 14.5. The lowest BCUT2D eigenvalue weighted by Gasteiger charge is -2.37. The summed E-state index contributed by atoms with van der Waals surface area (Å²) in [6.45, 7) is 9.77. The number of hydrogen-bond donors (Lipinski definition) is 1. The summed E-state index contributed by atoms with van der Waals surface area (Å²) in [6.07, 6.45) is 4.41. The molecule has 1 rings (SSSR count). The van der Waals surface area contributed by atoms with E-state index in [2.05, 4.69) is 18.7 Å². The van der Waals surface area contributed by atoms with Crippen LogP contribution in [0.15, 0.2) is 0 Å². The molecule has 100 valence electrons. The largest absolute Gasteiger partial charge is 0.339 e. The van der Waals surface area contributed by atoms with Crippen LogP contribution < -0.4 is 5.73 Å². The molecule has 0 spiro atoms. The normalized spacial score (nSPS) is 25.0. The second-order valence-electron chi connectivity index (χ2n) is 5.82. The van der Waals surface area contributed by atoms with Gasteiger partial charge in [0.2, 0.25) is 5.91 Å². The minimum Gasteiger partial charge on any atom is -0.339 e. The van der Waals surface area contributed by atoms with Crippen LogP contribution in [0.25, 0.3) is 0 Å². The van der Waals surface area contributed by atoms with Gasteiger partial charge in [0.15, 0.2) is 0 Å². The van der Waals surface area contributed by atoms with Crippen LogP contribution >= 0.6 is 0 Å². The van der Waals surface area contributed by atoms with Crippen molar-refractivity contribution in [3.63, 3.8) is 0 Å². The van der Waals surface area contributed by atoms with Gasteiger partial charge in [-0.15, -0.1) is 0 Å². The van der Waals surface area contributed by atoms with Crippen molar-refractivity contribution in [3.05, 3.63) is 0 Å². The van der Waals surface area contributed by atoms with Gasteiger partial charge in [0.25, 0.3) is 0 Å². The number of hydrogen-bond acceptors (Lipinski definition) is 2. The standard InChI is InChI=1S/C14H28N2O/c1-5-14(3,4)13(17)16(6-2)12-9-7-8-11(12)10-15/h11-12H,5-10,15H2,1-4H3. The summed E-state index contributed by atoms with van der Waals surface area (Å²) in [4.78, 5) is 14.6. The molecular formula is C14H28N2O. The van der Waals surface area contributed by atoms with E-state index in [-0.39, 0.29) is 5.41 Å². The lowest BCUT2D eigenvalue weighted by atomic mass is 9.87. The van der Waals surface area contributed by atoms with Crippen molar-refractivity contribution in [3.8, 4) is 0 Å². The van der Waals surface area contributed by atoms with Crippen LogP contribution in [-0.4, -0.2) is 29.9 Å². The molecule has 0 aromatic carbocycles. The summed E-state index contributed by atoms with van der Waals surface area (Å²) in [5.74, 6) is 0.805. The third-order valence-corrected chi connectivity index (χ3v) is 4.39. The fourth-order valence-corrected chi connectivity index (χ4v) is 2.77. The highest BCUT2D eigenvalue weighted by atomic mass is 16.2. The Hall–Kier alpha value is -0.570. The molecule has 2 N–H and O–H groups in total. The quantitative estimate of drug-likeness (QED) is 0.802. The van der Waals surface area contributed by atoms with E-state index in [9.17, 15) is 4.79 Å². The predicted molar refractivity (Wildman–Crippen MR) is 71.6 cm³/mol. The summed E-state index contributed by atoms with van der Waals surface area (Å²) in [5.41, 5.74) is 5.58. The molecule has 0 bridgehead atoms. The van der Waals surface area contributed by atoms with Crippen LogP contribution in [0.1, 0.15) is 53.4 Å². The van der Waals surface area contributed by atoms with E-state index in [0.717, 1.165) is 19.4 Å². The van der Waals surface area contributed by atoms with E-state index in [1.807, 2.05) is 13.8 Å². The van der Waals surface area contributed by atoms with Gasteiger partial charge in [0.05, 0.1) is 0 Å². The monoisotopic (exact) mass is 240 g/mol. The average molecular weight is 240 g/mol. The van der Waals surface area contributed by atoms with E-state index in [0.29, 0.717) is 24.4 Å². The molecule has 1 aliphatic rings. The van der Waals surface area contributed by atoms with E-state index < -0.39 is 0 Å². The van der Waals surface area contributed by atoms with Crippen molar-refractivity contribution in [1.29, 1.82) is 0 Å². The molecule has 1 amide bonds. The molecule has 1 aliphatic carbocycles. The maximum atomic E-state index is 12.6. The fraction of sp³-hybridized carbons (Fsp3) is 0.929. The lowest BCUT2D eigenvalue weighted by Crippen LogP contribution is -2.49. The number of nitrogens with two attached hydrogens (primary N) is 1. The Bertz CT molecular complexity index is 263. The summed E-state index contributed by atoms with van der Waals surface area (Å²) in [5, 5.41) is 0. The molecule has 0 aromatic rings. The second-order valence-corrected chi connectivity index (χ2v) is 5.82. The van der Waals surface area contributed by atoms with Crippen molar-refractivity contribution in [1.82, 2.24) is 4.90 Å². The first-order valence-electron chi connectivity index (χ1n) is 6.99. The van der Waals surface area contributed by atoms with E-state index in [4.69, 9.17) is 5.73 Å². The Morgan fingerprint density at radius 1 is 1.35 bits per heavy atom. The van der Waals surface area contributed by atoms with E-state index >= 15 is 0 Å². The van der Waals surface area contributed by atoms with Gasteiger partial charge < -0.3 is 10.6 Å². The van der Waals surface area contributed by atoms with Gasteiger partial charge in [-0.25, -0.2) is 0 Å². The van der Waals surface area contributed by atoms with E-state index in [1.165, 1.54) is 12.8 Å². The maximum absolute atomic E-state index is 12.6. The van der Waals surface area contributed by atoms with E-state index in [1.54, 1.807) is 0 Å². The Kier molecular flexibility index (Phi) is 4.99. The van der Waals surface area contributed by atoms with Gasteiger partial charge >= 0.3 is 0 Å². The molecule has 1 saturated carbocycles. The van der Waals surface area contributed by atoms with Gasteiger partial charge in [0, 0.05) is 18.0 Å². The second kappa shape index (κ2) is 5.85. The maximum Gasteiger partial charge on any atom is 0.228 e. The number of rotatable bonds is 5. The molecule has 3 nitrogen and oxygen atoms in total. The zero-order valence-electron chi connectivity index (χ0n) is 11.8. The van der Waals surface area contributed by atoms with Crippen LogP contribution in [0.4, 0.5) is 0 Å². The summed E-state index contributed by atoms with van der Waals surface area (Å²) < 4.78 is 0. The Labute approximate surface area is 106 Å². The van der Waals surface area contributed by atoms with Crippen molar-refractivity contribution < 1.29 is 4.79 Å². The highest BCUT2D eigenvalue weighted by Gasteiger charge is 2.38. The molecular weight excluding hydrogens is 212 g/mol. The highest BCUT2D eigenvalue weighted by molar-refractivity contribution is 5.82.